The van der Waals surface area contributed by atoms with Crippen LogP contribution in [0.3, 0.4) is 0 Å². The fourth-order valence-corrected chi connectivity index (χ4v) is 2.54. The number of thioether (sulfide) groups is 1. The van der Waals surface area contributed by atoms with Crippen molar-refractivity contribution in [3.63, 3.8) is 0 Å². The molecule has 0 heterocycles. The van der Waals surface area contributed by atoms with E-state index >= 15 is 0 Å². The molecule has 0 radical (unpaired) electrons. The lowest BCUT2D eigenvalue weighted by atomic mass is 10.2. The van der Waals surface area contributed by atoms with Crippen molar-refractivity contribution in [2.45, 2.75) is 16.9 Å². The van der Waals surface area contributed by atoms with Gasteiger partial charge < -0.3 is 5.32 Å². The van der Waals surface area contributed by atoms with Gasteiger partial charge in [-0.3, -0.25) is 0 Å². The van der Waals surface area contributed by atoms with Crippen molar-refractivity contribution in [3.05, 3.63) is 58.1 Å². The molecule has 0 aliphatic heterocycles. The van der Waals surface area contributed by atoms with Crippen LogP contribution in [0.5, 0.6) is 0 Å². The third-order valence-electron chi connectivity index (χ3n) is 2.57. The first-order valence-electron chi connectivity index (χ1n) is 5.87. The van der Waals surface area contributed by atoms with Gasteiger partial charge in [0.05, 0.1) is 10.7 Å². The topological polar surface area (TPSA) is 12.0 Å². The maximum absolute atomic E-state index is 12.2. The minimum absolute atomic E-state index is 0.131. The Labute approximate surface area is 134 Å². The van der Waals surface area contributed by atoms with Crippen LogP contribution < -0.4 is 5.32 Å². The molecule has 21 heavy (non-hydrogen) atoms. The quantitative estimate of drug-likeness (QED) is 0.656. The summed E-state index contributed by atoms with van der Waals surface area (Å²) in [4.78, 5) is 0.159. The van der Waals surface area contributed by atoms with E-state index in [2.05, 4.69) is 5.32 Å². The lowest BCUT2D eigenvalue weighted by Gasteiger charge is -2.10. The minimum Gasteiger partial charge on any atom is -0.380 e. The monoisotopic (exact) mass is 351 g/mol. The molecule has 0 fully saturated rings. The Bertz CT molecular complexity index is 615. The van der Waals surface area contributed by atoms with Crippen LogP contribution in [-0.4, -0.2) is 5.51 Å². The van der Waals surface area contributed by atoms with Crippen molar-refractivity contribution in [1.82, 2.24) is 0 Å². The summed E-state index contributed by atoms with van der Waals surface area (Å²) in [6.07, 6.45) is 0. The molecule has 2 aromatic rings. The van der Waals surface area contributed by atoms with Gasteiger partial charge in [-0.15, -0.1) is 0 Å². The van der Waals surface area contributed by atoms with Crippen LogP contribution in [0.15, 0.2) is 47.4 Å². The highest BCUT2D eigenvalue weighted by molar-refractivity contribution is 8.00. The van der Waals surface area contributed by atoms with Crippen LogP contribution in [0.1, 0.15) is 5.56 Å². The van der Waals surface area contributed by atoms with Crippen molar-refractivity contribution in [2.24, 2.45) is 0 Å². The van der Waals surface area contributed by atoms with Gasteiger partial charge in [0.15, 0.2) is 0 Å². The Morgan fingerprint density at radius 3 is 2.29 bits per heavy atom. The van der Waals surface area contributed by atoms with E-state index in [1.54, 1.807) is 30.3 Å². The summed E-state index contributed by atoms with van der Waals surface area (Å²) in [5.41, 5.74) is -2.75. The number of hydrogen-bond donors (Lipinski definition) is 1. The second-order valence-electron chi connectivity index (χ2n) is 4.17. The lowest BCUT2D eigenvalue weighted by molar-refractivity contribution is -0.0328. The zero-order valence-corrected chi connectivity index (χ0v) is 12.9. The largest absolute Gasteiger partial charge is 0.446 e. The molecular formula is C14H10Cl2F3NS. The molecule has 0 bridgehead atoms. The molecule has 2 rings (SSSR count). The summed E-state index contributed by atoms with van der Waals surface area (Å²) in [6, 6.07) is 11.2. The normalized spacial score (nSPS) is 11.5. The predicted molar refractivity (Wildman–Crippen MR) is 82.1 cm³/mol. The molecule has 0 unspecified atom stereocenters. The Morgan fingerprint density at radius 2 is 1.67 bits per heavy atom. The van der Waals surface area contributed by atoms with E-state index in [1.165, 1.54) is 12.1 Å². The van der Waals surface area contributed by atoms with E-state index in [0.29, 0.717) is 22.3 Å². The van der Waals surface area contributed by atoms with Crippen LogP contribution in [0.25, 0.3) is 0 Å². The lowest BCUT2D eigenvalue weighted by Crippen LogP contribution is -2.01. The van der Waals surface area contributed by atoms with Crippen LogP contribution in [0.4, 0.5) is 18.9 Å². The van der Waals surface area contributed by atoms with Gasteiger partial charge in [0.25, 0.3) is 0 Å². The Morgan fingerprint density at radius 1 is 1.00 bits per heavy atom. The van der Waals surface area contributed by atoms with Gasteiger partial charge in [-0.25, -0.2) is 0 Å². The van der Waals surface area contributed by atoms with Gasteiger partial charge in [-0.2, -0.15) is 13.2 Å². The minimum atomic E-state index is -4.27. The molecule has 7 heteroatoms. The van der Waals surface area contributed by atoms with Crippen molar-refractivity contribution >= 4 is 40.7 Å². The Hall–Kier alpha value is -1.04. The highest BCUT2D eigenvalue weighted by Gasteiger charge is 2.28. The van der Waals surface area contributed by atoms with Gasteiger partial charge in [0.2, 0.25) is 0 Å². The molecular weight excluding hydrogens is 342 g/mol. The zero-order chi connectivity index (χ0) is 15.5. The molecule has 0 amide bonds. The van der Waals surface area contributed by atoms with E-state index in [0.717, 1.165) is 5.56 Å². The number of rotatable bonds is 4. The fourth-order valence-electron chi connectivity index (χ4n) is 1.64. The SMILES string of the molecule is FC(F)(F)Sc1ccc(CNc2cc(Cl)ccc2Cl)cc1. The average Bonchev–Trinajstić information content (AvgIpc) is 2.40. The van der Waals surface area contributed by atoms with Gasteiger partial charge in [0.1, 0.15) is 0 Å². The first-order chi connectivity index (χ1) is 9.83. The molecule has 0 atom stereocenters. The number of anilines is 1. The van der Waals surface area contributed by atoms with Gasteiger partial charge in [-0.1, -0.05) is 35.3 Å². The smallest absolute Gasteiger partial charge is 0.380 e. The van der Waals surface area contributed by atoms with Crippen molar-refractivity contribution < 1.29 is 13.2 Å². The molecule has 0 aliphatic carbocycles. The summed E-state index contributed by atoms with van der Waals surface area (Å²) in [5, 5.41) is 4.18. The van der Waals surface area contributed by atoms with E-state index in [4.69, 9.17) is 23.2 Å². The molecule has 112 valence electrons. The average molecular weight is 352 g/mol. The summed E-state index contributed by atoms with van der Waals surface area (Å²) in [7, 11) is 0. The van der Waals surface area contributed by atoms with Crippen LogP contribution in [0, 0.1) is 0 Å². The van der Waals surface area contributed by atoms with E-state index < -0.39 is 5.51 Å². The Balaban J connectivity index is 1.99. The molecule has 1 N–H and O–H groups in total. The first kappa shape index (κ1) is 16.3. The zero-order valence-electron chi connectivity index (χ0n) is 10.5. The first-order valence-corrected chi connectivity index (χ1v) is 7.44. The summed E-state index contributed by atoms with van der Waals surface area (Å²) >= 11 is 11.8. The second-order valence-corrected chi connectivity index (χ2v) is 6.15. The van der Waals surface area contributed by atoms with E-state index in [1.807, 2.05) is 0 Å². The van der Waals surface area contributed by atoms with Crippen LogP contribution in [0.2, 0.25) is 10.0 Å². The molecule has 1 nitrogen and oxygen atoms in total. The highest BCUT2D eigenvalue weighted by Crippen LogP contribution is 2.36. The Kier molecular flexibility index (Phi) is 5.30. The molecule has 0 aliphatic rings. The van der Waals surface area contributed by atoms with Crippen LogP contribution >= 0.6 is 35.0 Å². The number of benzene rings is 2. The fraction of sp³-hybridized carbons (Fsp3) is 0.143. The van der Waals surface area contributed by atoms with E-state index in [9.17, 15) is 13.2 Å². The van der Waals surface area contributed by atoms with Gasteiger partial charge in [0, 0.05) is 16.5 Å². The summed E-state index contributed by atoms with van der Waals surface area (Å²) in [5.74, 6) is 0. The van der Waals surface area contributed by atoms with Crippen molar-refractivity contribution in [2.75, 3.05) is 5.32 Å². The summed E-state index contributed by atoms with van der Waals surface area (Å²) < 4.78 is 36.7. The summed E-state index contributed by atoms with van der Waals surface area (Å²) in [6.45, 7) is 0.441. The molecule has 2 aromatic carbocycles. The van der Waals surface area contributed by atoms with Gasteiger partial charge in [-0.05, 0) is 47.7 Å². The molecule has 0 saturated heterocycles. The predicted octanol–water partition coefficient (Wildman–Crippen LogP) is 6.22. The number of halogens is 5. The van der Waals surface area contributed by atoms with Crippen molar-refractivity contribution in [3.8, 4) is 0 Å². The molecule has 0 spiro atoms. The third-order valence-corrected chi connectivity index (χ3v) is 3.87. The maximum atomic E-state index is 12.2. The number of alkyl halides is 3. The maximum Gasteiger partial charge on any atom is 0.446 e. The standard InChI is InChI=1S/C14H10Cl2F3NS/c15-10-3-6-12(16)13(7-10)20-8-9-1-4-11(5-2-9)21-14(17,18)19/h1-7,20H,8H2. The van der Waals surface area contributed by atoms with E-state index in [-0.39, 0.29) is 16.7 Å². The van der Waals surface area contributed by atoms with Crippen molar-refractivity contribution in [1.29, 1.82) is 0 Å². The number of hydrogen-bond acceptors (Lipinski definition) is 2. The molecule has 0 saturated carbocycles. The van der Waals surface area contributed by atoms with Gasteiger partial charge >= 0.3 is 5.51 Å². The second kappa shape index (κ2) is 6.81. The number of nitrogens with one attached hydrogen (secondary N) is 1. The highest BCUT2D eigenvalue weighted by atomic mass is 35.5. The third kappa shape index (κ3) is 5.34. The van der Waals surface area contributed by atoms with Crippen LogP contribution in [-0.2, 0) is 6.54 Å². The molecule has 0 aromatic heterocycles.